The maximum atomic E-state index is 12.6. The van der Waals surface area contributed by atoms with Gasteiger partial charge < -0.3 is 15.2 Å². The number of rotatable bonds is 7. The summed E-state index contributed by atoms with van der Waals surface area (Å²) < 4.78 is 6.71. The molecule has 1 amide bonds. The number of phenolic OH excluding ortho intramolecular Hbond substituents is 1. The smallest absolute Gasteiger partial charge is 0.257 e. The average Bonchev–Trinajstić information content (AvgIpc) is 3.23. The number of thiazole rings is 1. The minimum atomic E-state index is -0.344. The third-order valence-corrected chi connectivity index (χ3v) is 6.14. The minimum Gasteiger partial charge on any atom is -0.507 e. The Morgan fingerprint density at radius 3 is 2.76 bits per heavy atom. The number of thiocarbonyl (C=S) groups is 1. The van der Waals surface area contributed by atoms with Crippen molar-refractivity contribution in [3.05, 3.63) is 72.3 Å². The first-order chi connectivity index (χ1) is 16.0. The normalized spacial score (nSPS) is 10.7. The Morgan fingerprint density at radius 2 is 1.97 bits per heavy atom. The number of phenols is 1. The number of hydrogen-bond donors (Lipinski definition) is 3. The Kier molecular flexibility index (Phi) is 7.16. The Hall–Kier alpha value is -3.49. The van der Waals surface area contributed by atoms with Gasteiger partial charge in [-0.1, -0.05) is 31.5 Å². The summed E-state index contributed by atoms with van der Waals surface area (Å²) in [6.07, 6.45) is 1.99. The van der Waals surface area contributed by atoms with Crippen molar-refractivity contribution < 1.29 is 14.6 Å². The molecule has 0 spiro atoms. The van der Waals surface area contributed by atoms with Crippen LogP contribution in [-0.2, 0) is 0 Å². The first-order valence-electron chi connectivity index (χ1n) is 10.6. The van der Waals surface area contributed by atoms with Gasteiger partial charge in [0.25, 0.3) is 5.91 Å². The second kappa shape index (κ2) is 10.4. The van der Waals surface area contributed by atoms with Gasteiger partial charge in [0.05, 0.1) is 22.4 Å². The number of ether oxygens (including phenoxy) is 1. The first kappa shape index (κ1) is 22.7. The fourth-order valence-electron chi connectivity index (χ4n) is 3.18. The van der Waals surface area contributed by atoms with E-state index in [-0.39, 0.29) is 16.8 Å². The summed E-state index contributed by atoms with van der Waals surface area (Å²) in [5, 5.41) is 17.0. The molecular formula is C25H23N3O3S2. The number of nitrogens with one attached hydrogen (secondary N) is 2. The Balaban J connectivity index is 1.40. The number of anilines is 1. The lowest BCUT2D eigenvalue weighted by Crippen LogP contribution is -2.34. The molecule has 168 valence electrons. The number of amides is 1. The number of hydrogen-bond acceptors (Lipinski definition) is 6. The number of nitrogens with zero attached hydrogens (tertiary/aromatic N) is 1. The zero-order chi connectivity index (χ0) is 23.2. The number of fused-ring (bicyclic) bond motifs is 1. The Labute approximate surface area is 201 Å². The number of para-hydroxylation sites is 1. The molecule has 0 aliphatic rings. The number of benzene rings is 3. The molecule has 0 saturated carbocycles. The summed E-state index contributed by atoms with van der Waals surface area (Å²) in [6, 6.07) is 19.9. The molecule has 6 nitrogen and oxygen atoms in total. The molecular weight excluding hydrogens is 454 g/mol. The van der Waals surface area contributed by atoms with Gasteiger partial charge in [0.2, 0.25) is 0 Å². The van der Waals surface area contributed by atoms with E-state index in [0.717, 1.165) is 28.1 Å². The molecule has 0 bridgehead atoms. The van der Waals surface area contributed by atoms with Crippen molar-refractivity contribution in [1.82, 2.24) is 10.3 Å². The van der Waals surface area contributed by atoms with Crippen molar-refractivity contribution in [2.24, 2.45) is 0 Å². The van der Waals surface area contributed by atoms with Gasteiger partial charge in [0, 0.05) is 17.3 Å². The molecule has 0 saturated heterocycles. The van der Waals surface area contributed by atoms with Gasteiger partial charge in [-0.2, -0.15) is 0 Å². The predicted octanol–water partition coefficient (Wildman–Crippen LogP) is 5.97. The number of aromatic hydroxyl groups is 1. The molecule has 0 radical (unpaired) electrons. The second-order valence-electron chi connectivity index (χ2n) is 7.36. The van der Waals surface area contributed by atoms with E-state index >= 15 is 0 Å². The molecule has 4 rings (SSSR count). The molecule has 33 heavy (non-hydrogen) atoms. The van der Waals surface area contributed by atoms with E-state index < -0.39 is 0 Å². The van der Waals surface area contributed by atoms with Crippen molar-refractivity contribution in [3.63, 3.8) is 0 Å². The molecule has 0 aliphatic heterocycles. The van der Waals surface area contributed by atoms with Crippen molar-refractivity contribution in [3.8, 4) is 22.1 Å². The van der Waals surface area contributed by atoms with E-state index in [2.05, 4.69) is 22.5 Å². The SMILES string of the molecule is CCCCOc1cccc(C(=O)NC(=S)Nc2ccc(-c3nc4ccccc4s3)c(O)c2)c1. The van der Waals surface area contributed by atoms with Crippen LogP contribution >= 0.6 is 23.6 Å². The maximum Gasteiger partial charge on any atom is 0.257 e. The van der Waals surface area contributed by atoms with Gasteiger partial charge in [-0.25, -0.2) is 4.98 Å². The quantitative estimate of drug-likeness (QED) is 0.225. The van der Waals surface area contributed by atoms with Crippen LogP contribution in [0.25, 0.3) is 20.8 Å². The Bertz CT molecular complexity index is 1270. The summed E-state index contributed by atoms with van der Waals surface area (Å²) in [5.74, 6) is 0.374. The first-order valence-corrected chi connectivity index (χ1v) is 11.8. The second-order valence-corrected chi connectivity index (χ2v) is 8.80. The number of unbranched alkanes of at least 4 members (excludes halogenated alkanes) is 1. The van der Waals surface area contributed by atoms with Gasteiger partial charge in [0.1, 0.15) is 16.5 Å². The van der Waals surface area contributed by atoms with Gasteiger partial charge in [-0.15, -0.1) is 11.3 Å². The van der Waals surface area contributed by atoms with Gasteiger partial charge in [-0.05, 0) is 61.1 Å². The van der Waals surface area contributed by atoms with Crippen LogP contribution in [0.5, 0.6) is 11.5 Å². The number of carbonyl (C=O) groups is 1. The fourth-order valence-corrected chi connectivity index (χ4v) is 4.39. The van der Waals surface area contributed by atoms with E-state index in [1.165, 1.54) is 11.3 Å². The van der Waals surface area contributed by atoms with E-state index in [1.807, 2.05) is 30.3 Å². The van der Waals surface area contributed by atoms with Crippen LogP contribution < -0.4 is 15.4 Å². The Morgan fingerprint density at radius 1 is 1.12 bits per heavy atom. The zero-order valence-electron chi connectivity index (χ0n) is 18.0. The lowest BCUT2D eigenvalue weighted by Gasteiger charge is -2.12. The van der Waals surface area contributed by atoms with Crippen molar-refractivity contribution >= 4 is 50.5 Å². The molecule has 0 unspecified atom stereocenters. The molecule has 0 aliphatic carbocycles. The average molecular weight is 478 g/mol. The van der Waals surface area contributed by atoms with E-state index in [9.17, 15) is 9.90 Å². The van der Waals surface area contributed by atoms with Crippen LogP contribution in [0.3, 0.4) is 0 Å². The summed E-state index contributed by atoms with van der Waals surface area (Å²) in [7, 11) is 0. The zero-order valence-corrected chi connectivity index (χ0v) is 19.6. The highest BCUT2D eigenvalue weighted by Crippen LogP contribution is 2.36. The molecule has 3 N–H and O–H groups in total. The molecule has 3 aromatic carbocycles. The summed E-state index contributed by atoms with van der Waals surface area (Å²) in [5.41, 5.74) is 2.53. The maximum absolute atomic E-state index is 12.6. The molecule has 4 aromatic rings. The van der Waals surface area contributed by atoms with Crippen LogP contribution in [-0.4, -0.2) is 27.7 Å². The molecule has 0 atom stereocenters. The lowest BCUT2D eigenvalue weighted by molar-refractivity contribution is 0.0977. The lowest BCUT2D eigenvalue weighted by atomic mass is 10.2. The topological polar surface area (TPSA) is 83.5 Å². The highest BCUT2D eigenvalue weighted by Gasteiger charge is 2.13. The third kappa shape index (κ3) is 5.66. The van der Waals surface area contributed by atoms with Gasteiger partial charge in [-0.3, -0.25) is 10.1 Å². The van der Waals surface area contributed by atoms with Crippen LogP contribution in [0.15, 0.2) is 66.7 Å². The highest BCUT2D eigenvalue weighted by molar-refractivity contribution is 7.80. The van der Waals surface area contributed by atoms with Crippen LogP contribution in [0.1, 0.15) is 30.1 Å². The summed E-state index contributed by atoms with van der Waals surface area (Å²) in [6.45, 7) is 2.70. The molecule has 8 heteroatoms. The third-order valence-electron chi connectivity index (χ3n) is 4.87. The number of aromatic nitrogens is 1. The molecule has 1 heterocycles. The van der Waals surface area contributed by atoms with Crippen molar-refractivity contribution in [2.45, 2.75) is 19.8 Å². The van der Waals surface area contributed by atoms with E-state index in [4.69, 9.17) is 17.0 Å². The van der Waals surface area contributed by atoms with Gasteiger partial charge >= 0.3 is 0 Å². The van der Waals surface area contributed by atoms with E-state index in [0.29, 0.717) is 29.2 Å². The highest BCUT2D eigenvalue weighted by atomic mass is 32.1. The van der Waals surface area contributed by atoms with Crippen molar-refractivity contribution in [2.75, 3.05) is 11.9 Å². The summed E-state index contributed by atoms with van der Waals surface area (Å²) in [4.78, 5) is 17.2. The van der Waals surface area contributed by atoms with Gasteiger partial charge in [0.15, 0.2) is 5.11 Å². The largest absolute Gasteiger partial charge is 0.507 e. The molecule has 1 aromatic heterocycles. The van der Waals surface area contributed by atoms with Crippen molar-refractivity contribution in [1.29, 1.82) is 0 Å². The van der Waals surface area contributed by atoms with E-state index in [1.54, 1.807) is 36.4 Å². The fraction of sp³-hybridized carbons (Fsp3) is 0.160. The van der Waals surface area contributed by atoms with Crippen LogP contribution in [0, 0.1) is 0 Å². The number of carbonyl (C=O) groups excluding carboxylic acids is 1. The molecule has 0 fully saturated rings. The van der Waals surface area contributed by atoms with Crippen LogP contribution in [0.2, 0.25) is 0 Å². The standard InChI is InChI=1S/C25H23N3O3S2/c1-2-3-13-31-18-8-6-7-16(14-18)23(30)28-25(32)26-17-11-12-19(21(29)15-17)24-27-20-9-4-5-10-22(20)33-24/h4-12,14-15,29H,2-3,13H2,1H3,(H2,26,28,30,32). The monoisotopic (exact) mass is 477 g/mol. The summed E-state index contributed by atoms with van der Waals surface area (Å²) >= 11 is 6.79. The minimum absolute atomic E-state index is 0.0742. The van der Waals surface area contributed by atoms with Crippen LogP contribution in [0.4, 0.5) is 5.69 Å². The predicted molar refractivity (Wildman–Crippen MR) is 137 cm³/mol.